The van der Waals surface area contributed by atoms with Gasteiger partial charge in [-0.25, -0.2) is 9.29 Å². The topological polar surface area (TPSA) is 60.9 Å². The van der Waals surface area contributed by atoms with Gasteiger partial charge >= 0.3 is 0 Å². The van der Waals surface area contributed by atoms with Crippen molar-refractivity contribution in [2.24, 2.45) is 0 Å². The van der Waals surface area contributed by atoms with Crippen LogP contribution in [0.4, 0.5) is 10.1 Å². The second-order valence-corrected chi connectivity index (χ2v) is 6.58. The number of carbonyl (C=O) groups excluding carboxylic acids is 2. The molecule has 0 atom stereocenters. The van der Waals surface area contributed by atoms with Gasteiger partial charge in [-0.1, -0.05) is 35.9 Å². The van der Waals surface area contributed by atoms with Crippen molar-refractivity contribution in [3.8, 4) is 0 Å². The number of benzene rings is 2. The molecule has 0 saturated heterocycles. The maximum absolute atomic E-state index is 14.3. The van der Waals surface area contributed by atoms with E-state index >= 15 is 0 Å². The molecule has 1 aliphatic heterocycles. The number of hydrogen-bond donors (Lipinski definition) is 1. The number of rotatable bonds is 5. The summed E-state index contributed by atoms with van der Waals surface area (Å²) in [5.74, 6) is -1.82. The number of nitrogens with zero attached hydrogens (tertiary/aromatic N) is 2. The van der Waals surface area contributed by atoms with Crippen LogP contribution in [0.25, 0.3) is 5.57 Å². The molecule has 0 radical (unpaired) electrons. The van der Waals surface area contributed by atoms with Crippen molar-refractivity contribution in [3.63, 3.8) is 0 Å². The van der Waals surface area contributed by atoms with Gasteiger partial charge in [0.1, 0.15) is 11.5 Å². The van der Waals surface area contributed by atoms with Crippen LogP contribution in [0.5, 0.6) is 0 Å². The van der Waals surface area contributed by atoms with Crippen LogP contribution < -0.4 is 4.90 Å². The Morgan fingerprint density at radius 3 is 2.41 bits per heavy atom. The Balaban J connectivity index is 2.20. The number of carbonyl (C=O) groups is 2. The normalized spacial score (nSPS) is 14.3. The third-order valence-corrected chi connectivity index (χ3v) is 4.62. The zero-order valence-electron chi connectivity index (χ0n) is 15.5. The molecule has 1 aliphatic rings. The summed E-state index contributed by atoms with van der Waals surface area (Å²) in [7, 11) is 1.63. The van der Waals surface area contributed by atoms with Crippen LogP contribution in [0.2, 0.25) is 0 Å². The molecule has 0 bridgehead atoms. The van der Waals surface area contributed by atoms with Gasteiger partial charge in [0.2, 0.25) is 0 Å². The van der Waals surface area contributed by atoms with Crippen molar-refractivity contribution in [1.82, 2.24) is 4.90 Å². The number of anilines is 1. The highest BCUT2D eigenvalue weighted by atomic mass is 19.1. The lowest BCUT2D eigenvalue weighted by Crippen LogP contribution is -2.35. The molecule has 0 aromatic heterocycles. The molecule has 6 heteroatoms. The van der Waals surface area contributed by atoms with Crippen molar-refractivity contribution in [2.75, 3.05) is 25.1 Å². The Labute approximate surface area is 157 Å². The van der Waals surface area contributed by atoms with E-state index in [1.54, 1.807) is 19.2 Å². The van der Waals surface area contributed by atoms with Crippen molar-refractivity contribution in [1.29, 1.82) is 0 Å². The highest BCUT2D eigenvalue weighted by Gasteiger charge is 2.42. The van der Waals surface area contributed by atoms with E-state index in [-0.39, 0.29) is 30.1 Å². The maximum Gasteiger partial charge on any atom is 0.282 e. The zero-order valence-corrected chi connectivity index (χ0v) is 15.5. The molecule has 0 spiro atoms. The first-order valence-electron chi connectivity index (χ1n) is 8.64. The van der Waals surface area contributed by atoms with Gasteiger partial charge in [-0.3, -0.25) is 9.59 Å². The molecular weight excluding hydrogens is 347 g/mol. The Morgan fingerprint density at radius 1 is 1.07 bits per heavy atom. The van der Waals surface area contributed by atoms with Gasteiger partial charge in [-0.05, 0) is 37.1 Å². The van der Waals surface area contributed by atoms with Crippen molar-refractivity contribution < 1.29 is 19.1 Å². The van der Waals surface area contributed by atoms with Crippen LogP contribution in [0, 0.1) is 19.7 Å². The average molecular weight is 368 g/mol. The summed E-state index contributed by atoms with van der Waals surface area (Å²) in [6.07, 6.45) is 0. The minimum absolute atomic E-state index is 0.0813. The summed E-state index contributed by atoms with van der Waals surface area (Å²) >= 11 is 0. The number of amides is 2. The molecule has 0 aliphatic carbocycles. The van der Waals surface area contributed by atoms with Gasteiger partial charge < -0.3 is 10.0 Å². The van der Waals surface area contributed by atoms with E-state index in [1.807, 2.05) is 26.0 Å². The van der Waals surface area contributed by atoms with Crippen molar-refractivity contribution >= 4 is 23.1 Å². The van der Waals surface area contributed by atoms with Crippen molar-refractivity contribution in [3.05, 3.63) is 70.7 Å². The summed E-state index contributed by atoms with van der Waals surface area (Å²) in [4.78, 5) is 28.7. The first-order valence-corrected chi connectivity index (χ1v) is 8.64. The third kappa shape index (κ3) is 3.24. The fourth-order valence-electron chi connectivity index (χ4n) is 3.32. The number of halogens is 1. The summed E-state index contributed by atoms with van der Waals surface area (Å²) in [6.45, 7) is 3.80. The molecule has 27 heavy (non-hydrogen) atoms. The van der Waals surface area contributed by atoms with E-state index in [9.17, 15) is 19.1 Å². The third-order valence-electron chi connectivity index (χ3n) is 4.62. The monoisotopic (exact) mass is 368 g/mol. The Morgan fingerprint density at radius 2 is 1.78 bits per heavy atom. The van der Waals surface area contributed by atoms with Crippen LogP contribution in [-0.2, 0) is 9.59 Å². The highest BCUT2D eigenvalue weighted by molar-refractivity contribution is 6.45. The molecule has 5 nitrogen and oxygen atoms in total. The lowest BCUT2D eigenvalue weighted by molar-refractivity contribution is -0.120. The smallest absolute Gasteiger partial charge is 0.282 e. The molecule has 1 heterocycles. The summed E-state index contributed by atoms with van der Waals surface area (Å²) in [6, 6.07) is 11.3. The largest absolute Gasteiger partial charge is 0.395 e. The molecule has 0 unspecified atom stereocenters. The molecule has 140 valence electrons. The molecule has 2 aromatic carbocycles. The number of para-hydroxylation sites is 1. The van der Waals surface area contributed by atoms with Crippen LogP contribution in [-0.4, -0.2) is 42.0 Å². The van der Waals surface area contributed by atoms with Gasteiger partial charge in [-0.2, -0.15) is 0 Å². The van der Waals surface area contributed by atoms with Gasteiger partial charge in [0.15, 0.2) is 0 Å². The molecule has 2 aromatic rings. The predicted molar refractivity (Wildman–Crippen MR) is 101 cm³/mol. The van der Waals surface area contributed by atoms with E-state index in [0.29, 0.717) is 5.56 Å². The van der Waals surface area contributed by atoms with Crippen LogP contribution in [0.3, 0.4) is 0 Å². The number of imide groups is 1. The molecular formula is C21H21FN2O3. The molecule has 0 fully saturated rings. The fourth-order valence-corrected chi connectivity index (χ4v) is 3.32. The molecule has 0 saturated carbocycles. The minimum atomic E-state index is -0.648. The standard InChI is InChI=1S/C21H21FN2O3/c1-13-8-9-15(14(2)12-13)18-19(23(3)10-11-25)21(27)24(20(18)26)17-7-5-4-6-16(17)22/h4-9,12,25H,10-11H2,1-3H3. The number of aryl methyl sites for hydroxylation is 2. The number of hydrogen-bond acceptors (Lipinski definition) is 4. The first kappa shape index (κ1) is 18.8. The van der Waals surface area contributed by atoms with E-state index in [2.05, 4.69) is 0 Å². The Hall–Kier alpha value is -2.99. The highest BCUT2D eigenvalue weighted by Crippen LogP contribution is 2.36. The molecule has 2 amide bonds. The average Bonchev–Trinajstić information content (AvgIpc) is 2.86. The van der Waals surface area contributed by atoms with Gasteiger partial charge in [0.05, 0.1) is 17.9 Å². The second-order valence-electron chi connectivity index (χ2n) is 6.58. The van der Waals surface area contributed by atoms with E-state index in [1.165, 1.54) is 23.1 Å². The maximum atomic E-state index is 14.3. The molecule has 3 rings (SSSR count). The second kappa shape index (κ2) is 7.32. The van der Waals surface area contributed by atoms with E-state index in [0.717, 1.165) is 16.0 Å². The first-order chi connectivity index (χ1) is 12.9. The number of aliphatic hydroxyl groups excluding tert-OH is 1. The van der Waals surface area contributed by atoms with Gasteiger partial charge in [0, 0.05) is 13.6 Å². The lowest BCUT2D eigenvalue weighted by Gasteiger charge is -2.20. The Bertz CT molecular complexity index is 952. The fraction of sp³-hybridized carbons (Fsp3) is 0.238. The summed E-state index contributed by atoms with van der Waals surface area (Å²) in [5, 5.41) is 9.29. The van der Waals surface area contributed by atoms with E-state index in [4.69, 9.17) is 0 Å². The zero-order chi connectivity index (χ0) is 19.7. The van der Waals surface area contributed by atoms with E-state index < -0.39 is 17.6 Å². The summed E-state index contributed by atoms with van der Waals surface area (Å²) < 4.78 is 14.3. The quantitative estimate of drug-likeness (QED) is 0.825. The van der Waals surface area contributed by atoms with Crippen LogP contribution >= 0.6 is 0 Å². The lowest BCUT2D eigenvalue weighted by atomic mass is 9.97. The number of aliphatic hydroxyl groups is 1. The van der Waals surface area contributed by atoms with Crippen LogP contribution in [0.15, 0.2) is 48.2 Å². The summed E-state index contributed by atoms with van der Waals surface area (Å²) in [5.41, 5.74) is 2.79. The number of likely N-dealkylation sites (N-methyl/N-ethyl adjacent to an activating group) is 1. The van der Waals surface area contributed by atoms with Crippen molar-refractivity contribution in [2.45, 2.75) is 13.8 Å². The Kier molecular flexibility index (Phi) is 5.10. The minimum Gasteiger partial charge on any atom is -0.395 e. The van der Waals surface area contributed by atoms with Gasteiger partial charge in [0.25, 0.3) is 11.8 Å². The molecule has 1 N–H and O–H groups in total. The van der Waals surface area contributed by atoms with Gasteiger partial charge in [-0.15, -0.1) is 0 Å². The predicted octanol–water partition coefficient (Wildman–Crippen LogP) is 2.65. The van der Waals surface area contributed by atoms with Crippen LogP contribution in [0.1, 0.15) is 16.7 Å². The SMILES string of the molecule is Cc1ccc(C2=C(N(C)CCO)C(=O)N(c3ccccc3F)C2=O)c(C)c1.